The van der Waals surface area contributed by atoms with Crippen molar-refractivity contribution in [3.05, 3.63) is 72.3 Å². The third-order valence-corrected chi connectivity index (χ3v) is 5.73. The van der Waals surface area contributed by atoms with E-state index in [1.807, 2.05) is 37.3 Å². The van der Waals surface area contributed by atoms with Gasteiger partial charge < -0.3 is 14.2 Å². The smallest absolute Gasteiger partial charge is 0.310 e. The average molecular weight is 380 g/mol. The van der Waals surface area contributed by atoms with Crippen LogP contribution >= 0.6 is 0 Å². The minimum absolute atomic E-state index is 0.136. The van der Waals surface area contributed by atoms with Crippen molar-refractivity contribution in [3.8, 4) is 11.5 Å². The quantitative estimate of drug-likeness (QED) is 0.464. The average Bonchev–Trinajstić information content (AvgIpc) is 3.42. The number of rotatable bonds is 9. The molecule has 1 saturated carbocycles. The third-order valence-electron chi connectivity index (χ3n) is 5.73. The van der Waals surface area contributed by atoms with E-state index in [0.29, 0.717) is 6.61 Å². The van der Waals surface area contributed by atoms with E-state index in [0.717, 1.165) is 35.5 Å². The van der Waals surface area contributed by atoms with E-state index in [4.69, 9.17) is 14.2 Å². The van der Waals surface area contributed by atoms with Crippen LogP contribution in [0.5, 0.6) is 11.5 Å². The molecule has 148 valence electrons. The molecule has 0 bridgehead atoms. The Hall–Kier alpha value is -2.75. The van der Waals surface area contributed by atoms with Crippen LogP contribution in [0.25, 0.3) is 0 Å². The molecule has 0 spiro atoms. The van der Waals surface area contributed by atoms with Gasteiger partial charge in [-0.05, 0) is 61.1 Å². The molecule has 0 heterocycles. The molecule has 1 aliphatic carbocycles. The lowest BCUT2D eigenvalue weighted by atomic mass is 9.83. The zero-order valence-electron chi connectivity index (χ0n) is 16.8. The third kappa shape index (κ3) is 3.39. The van der Waals surface area contributed by atoms with Crippen LogP contribution in [0.1, 0.15) is 30.9 Å². The molecule has 2 aromatic rings. The van der Waals surface area contributed by atoms with E-state index in [-0.39, 0.29) is 17.8 Å². The molecule has 2 unspecified atom stereocenters. The van der Waals surface area contributed by atoms with Crippen molar-refractivity contribution in [2.75, 3.05) is 20.8 Å². The van der Waals surface area contributed by atoms with Crippen molar-refractivity contribution in [1.29, 1.82) is 0 Å². The van der Waals surface area contributed by atoms with E-state index in [2.05, 4.69) is 30.8 Å². The van der Waals surface area contributed by atoms with Crippen LogP contribution in [0.15, 0.2) is 61.2 Å². The fourth-order valence-corrected chi connectivity index (χ4v) is 4.42. The van der Waals surface area contributed by atoms with Gasteiger partial charge in [0.25, 0.3) is 0 Å². The molecule has 0 radical (unpaired) electrons. The number of methoxy groups -OCH3 is 2. The van der Waals surface area contributed by atoms with Gasteiger partial charge in [-0.2, -0.15) is 0 Å². The van der Waals surface area contributed by atoms with Gasteiger partial charge in [0.05, 0.1) is 26.7 Å². The Balaban J connectivity index is 2.11. The fraction of sp³-hybridized carbons (Fsp3) is 0.375. The van der Waals surface area contributed by atoms with E-state index in [1.54, 1.807) is 14.2 Å². The predicted molar refractivity (Wildman–Crippen MR) is 110 cm³/mol. The molecular weight excluding hydrogens is 352 g/mol. The van der Waals surface area contributed by atoms with Crippen LogP contribution in [-0.4, -0.2) is 26.8 Å². The Labute approximate surface area is 167 Å². The van der Waals surface area contributed by atoms with Gasteiger partial charge >= 0.3 is 5.97 Å². The minimum Gasteiger partial charge on any atom is -0.497 e. The highest BCUT2D eigenvalue weighted by molar-refractivity contribution is 5.82. The van der Waals surface area contributed by atoms with Crippen molar-refractivity contribution >= 4 is 5.97 Å². The maximum atomic E-state index is 12.9. The van der Waals surface area contributed by atoms with Gasteiger partial charge in [0.2, 0.25) is 0 Å². The van der Waals surface area contributed by atoms with Crippen molar-refractivity contribution in [3.63, 3.8) is 0 Å². The number of hydrogen-bond donors (Lipinski definition) is 0. The fourth-order valence-electron chi connectivity index (χ4n) is 4.42. The molecular formula is C24H28O4. The summed E-state index contributed by atoms with van der Waals surface area (Å²) >= 11 is 0. The first kappa shape index (κ1) is 20.0. The standard InChI is InChI=1S/C24H28O4/c1-5-7-8-21-22(23(25)28-6-2)24(21,17-9-13-19(26-3)14-10-17)18-11-15-20(27-4)16-12-18/h5,9-16,21-22H,1,6-8H2,2-4H3. The Morgan fingerprint density at radius 2 is 1.50 bits per heavy atom. The lowest BCUT2D eigenvalue weighted by molar-refractivity contribution is -0.145. The van der Waals surface area contributed by atoms with Gasteiger partial charge in [0.15, 0.2) is 0 Å². The molecule has 0 saturated heterocycles. The topological polar surface area (TPSA) is 44.8 Å². The van der Waals surface area contributed by atoms with E-state index < -0.39 is 5.41 Å². The van der Waals surface area contributed by atoms with Crippen molar-refractivity contribution in [2.24, 2.45) is 11.8 Å². The molecule has 2 aromatic carbocycles. The molecule has 0 amide bonds. The maximum absolute atomic E-state index is 12.9. The first-order valence-electron chi connectivity index (χ1n) is 9.70. The number of carbonyl (C=O) groups is 1. The summed E-state index contributed by atoms with van der Waals surface area (Å²) in [6, 6.07) is 16.0. The van der Waals surface area contributed by atoms with E-state index in [1.165, 1.54) is 0 Å². The summed E-state index contributed by atoms with van der Waals surface area (Å²) in [4.78, 5) is 12.9. The first-order chi connectivity index (χ1) is 13.6. The lowest BCUT2D eigenvalue weighted by Crippen LogP contribution is -2.19. The predicted octanol–water partition coefficient (Wildman–Crippen LogP) is 4.77. The molecule has 4 heteroatoms. The summed E-state index contributed by atoms with van der Waals surface area (Å²) in [7, 11) is 3.30. The highest BCUT2D eigenvalue weighted by atomic mass is 16.5. The van der Waals surface area contributed by atoms with Crippen LogP contribution < -0.4 is 9.47 Å². The number of esters is 1. The second kappa shape index (κ2) is 8.51. The Bertz CT molecular complexity index is 760. The maximum Gasteiger partial charge on any atom is 0.310 e. The summed E-state index contributed by atoms with van der Waals surface area (Å²) in [6.45, 7) is 6.08. The Morgan fingerprint density at radius 3 is 1.89 bits per heavy atom. The Morgan fingerprint density at radius 1 is 1.00 bits per heavy atom. The van der Waals surface area contributed by atoms with Crippen molar-refractivity contribution < 1.29 is 19.0 Å². The van der Waals surface area contributed by atoms with Gasteiger partial charge in [-0.3, -0.25) is 4.79 Å². The van der Waals surface area contributed by atoms with Crippen LogP contribution in [0.2, 0.25) is 0 Å². The summed E-state index contributed by atoms with van der Waals surface area (Å²) in [5.74, 6) is 1.40. The minimum atomic E-state index is -0.409. The highest BCUT2D eigenvalue weighted by Gasteiger charge is 2.69. The zero-order valence-corrected chi connectivity index (χ0v) is 16.8. The summed E-state index contributed by atoms with van der Waals surface area (Å²) in [6.07, 6.45) is 3.65. The first-order valence-corrected chi connectivity index (χ1v) is 9.70. The Kier molecular flexibility index (Phi) is 6.08. The van der Waals surface area contributed by atoms with Crippen molar-refractivity contribution in [2.45, 2.75) is 25.2 Å². The van der Waals surface area contributed by atoms with Gasteiger partial charge in [-0.25, -0.2) is 0 Å². The van der Waals surface area contributed by atoms with Gasteiger partial charge in [-0.15, -0.1) is 6.58 Å². The number of carbonyl (C=O) groups excluding carboxylic acids is 1. The normalized spacial score (nSPS) is 19.5. The van der Waals surface area contributed by atoms with Gasteiger partial charge in [0, 0.05) is 5.41 Å². The SMILES string of the molecule is C=CCCC1C(C(=O)OCC)C1(c1ccc(OC)cc1)c1ccc(OC)cc1. The van der Waals surface area contributed by atoms with E-state index >= 15 is 0 Å². The van der Waals surface area contributed by atoms with Crippen LogP contribution in [0, 0.1) is 11.8 Å². The number of hydrogen-bond acceptors (Lipinski definition) is 4. The number of ether oxygens (including phenoxy) is 3. The molecule has 3 rings (SSSR count). The van der Waals surface area contributed by atoms with Crippen LogP contribution in [0.3, 0.4) is 0 Å². The summed E-state index contributed by atoms with van der Waals surface area (Å²) < 4.78 is 16.1. The highest BCUT2D eigenvalue weighted by Crippen LogP contribution is 2.66. The molecule has 0 aliphatic heterocycles. The molecule has 28 heavy (non-hydrogen) atoms. The zero-order chi connectivity index (χ0) is 20.1. The summed E-state index contributed by atoms with van der Waals surface area (Å²) in [5, 5.41) is 0. The molecule has 2 atom stereocenters. The van der Waals surface area contributed by atoms with Crippen LogP contribution in [-0.2, 0) is 14.9 Å². The largest absolute Gasteiger partial charge is 0.497 e. The van der Waals surface area contributed by atoms with E-state index in [9.17, 15) is 4.79 Å². The summed E-state index contributed by atoms with van der Waals surface area (Å²) in [5.41, 5.74) is 1.80. The monoisotopic (exact) mass is 380 g/mol. The molecule has 0 aromatic heterocycles. The molecule has 0 N–H and O–H groups in total. The number of allylic oxidation sites excluding steroid dienone is 1. The molecule has 1 aliphatic rings. The molecule has 1 fully saturated rings. The molecule has 4 nitrogen and oxygen atoms in total. The second-order valence-electron chi connectivity index (χ2n) is 7.03. The van der Waals surface area contributed by atoms with Gasteiger partial charge in [0.1, 0.15) is 11.5 Å². The second-order valence-corrected chi connectivity index (χ2v) is 7.03. The van der Waals surface area contributed by atoms with Crippen LogP contribution in [0.4, 0.5) is 0 Å². The van der Waals surface area contributed by atoms with Gasteiger partial charge in [-0.1, -0.05) is 30.3 Å². The lowest BCUT2D eigenvalue weighted by Gasteiger charge is -2.21. The van der Waals surface area contributed by atoms with Crippen molar-refractivity contribution in [1.82, 2.24) is 0 Å². The number of benzene rings is 2.